The van der Waals surface area contributed by atoms with Crippen LogP contribution in [0.3, 0.4) is 0 Å². The Morgan fingerprint density at radius 2 is 1.84 bits per heavy atom. The van der Waals surface area contributed by atoms with E-state index in [1.165, 1.54) is 0 Å². The average Bonchev–Trinajstić information content (AvgIpc) is 2.53. The number of benzene rings is 1. The van der Waals surface area contributed by atoms with E-state index in [9.17, 15) is 9.59 Å². The number of carbonyl (C=O) groups excluding carboxylic acids is 2. The van der Waals surface area contributed by atoms with Crippen molar-refractivity contribution in [3.8, 4) is 0 Å². The van der Waals surface area contributed by atoms with Crippen molar-refractivity contribution in [1.82, 2.24) is 5.32 Å². The summed E-state index contributed by atoms with van der Waals surface area (Å²) in [5, 5.41) is 3.21. The first-order chi connectivity index (χ1) is 11.7. The number of ketones is 1. The second-order valence-corrected chi connectivity index (χ2v) is 7.12. The first kappa shape index (κ1) is 23.9. The van der Waals surface area contributed by atoms with Crippen molar-refractivity contribution < 1.29 is 14.3 Å². The second-order valence-electron chi connectivity index (χ2n) is 6.32. The Balaban J connectivity index is 0.00000178. The number of carbonyl (C=O) groups is 2. The molecular weight excluding hydrogens is 403 g/mol. The van der Waals surface area contributed by atoms with E-state index in [-0.39, 0.29) is 11.8 Å². The van der Waals surface area contributed by atoms with E-state index in [2.05, 4.69) is 46.0 Å². The van der Waals surface area contributed by atoms with Gasteiger partial charge in [0.25, 0.3) is 0 Å². The predicted octanol–water partition coefficient (Wildman–Crippen LogP) is 4.29. The van der Waals surface area contributed by atoms with Crippen LogP contribution in [0.1, 0.15) is 50.0 Å². The number of halogens is 1. The van der Waals surface area contributed by atoms with Crippen molar-refractivity contribution in [1.29, 1.82) is 0 Å². The van der Waals surface area contributed by atoms with Gasteiger partial charge in [-0.25, -0.2) is 4.79 Å². The summed E-state index contributed by atoms with van der Waals surface area (Å²) in [6.45, 7) is 7.54. The molecule has 1 atom stereocenters. The molecule has 0 aliphatic carbocycles. The zero-order valence-corrected chi connectivity index (χ0v) is 17.6. The number of hydrogen-bond acceptors (Lipinski definition) is 5. The summed E-state index contributed by atoms with van der Waals surface area (Å²) >= 11 is 6.35. The Hall–Kier alpha value is -1.15. The van der Waals surface area contributed by atoms with Crippen LogP contribution in [0.15, 0.2) is 28.6 Å². The molecule has 1 rings (SSSR count). The predicted molar refractivity (Wildman–Crippen MR) is 109 cm³/mol. The van der Waals surface area contributed by atoms with Gasteiger partial charge >= 0.3 is 30.8 Å². The van der Waals surface area contributed by atoms with E-state index in [0.717, 1.165) is 12.0 Å². The summed E-state index contributed by atoms with van der Waals surface area (Å²) < 4.78 is 7.97. The minimum absolute atomic E-state index is 0.00702. The van der Waals surface area contributed by atoms with Crippen molar-refractivity contribution in [2.75, 3.05) is 5.33 Å². The summed E-state index contributed by atoms with van der Waals surface area (Å²) in [6.07, 6.45) is 1.12. The summed E-state index contributed by atoms with van der Waals surface area (Å²) in [5.41, 5.74) is 1.27. The van der Waals surface area contributed by atoms with Gasteiger partial charge in [0.1, 0.15) is 5.60 Å². The maximum atomic E-state index is 11.8. The first-order valence-electron chi connectivity index (χ1n) is 7.88. The number of hydrogen-bond donors (Lipinski definition) is 2. The normalized spacial score (nSPS) is 11.6. The number of alkyl carbamates (subject to hydrolysis) is 1. The third-order valence-electron chi connectivity index (χ3n) is 3.09. The molecule has 0 saturated carbocycles. The topological polar surface area (TPSA) is 67.8 Å². The maximum absolute atomic E-state index is 11.8. The van der Waals surface area contributed by atoms with Gasteiger partial charge in [-0.1, -0.05) is 47.1 Å². The van der Waals surface area contributed by atoms with Gasteiger partial charge < -0.3 is 10.1 Å². The number of amides is 1. The molecule has 0 saturated heterocycles. The molecule has 1 aromatic rings. The Morgan fingerprint density at radius 3 is 2.24 bits per heavy atom. The van der Waals surface area contributed by atoms with Crippen LogP contribution >= 0.6 is 28.7 Å². The molecule has 0 spiro atoms. The van der Waals surface area contributed by atoms with Crippen LogP contribution < -0.4 is 5.32 Å². The van der Waals surface area contributed by atoms with Crippen LogP contribution in [0.5, 0.6) is 0 Å². The summed E-state index contributed by atoms with van der Waals surface area (Å²) in [7, 11) is 4.34. The number of alkyl halides is 1. The number of Topliss-reactive ketones (excluding diaryl/α,β-unsaturated/α-hetero) is 1. The molecule has 25 heavy (non-hydrogen) atoms. The monoisotopic (exact) mass is 427 g/mol. The summed E-state index contributed by atoms with van der Waals surface area (Å²) in [4.78, 5) is 23.4. The SMILES string of the molecule is CC[C@H](Cc1ccc(C(=O)CBr)cc1)NC(=O)OC(C)(C)C.[B]=NS. The second kappa shape index (κ2) is 12.2. The molecule has 0 bridgehead atoms. The van der Waals surface area contributed by atoms with Gasteiger partial charge in [0.15, 0.2) is 5.78 Å². The molecule has 0 heterocycles. The fraction of sp³-hybridized carbons (Fsp3) is 0.529. The summed E-state index contributed by atoms with van der Waals surface area (Å²) in [5.74, 6) is 0.0606. The molecular formula is C17H25BBrN2O3S. The van der Waals surface area contributed by atoms with Gasteiger partial charge in [-0.3, -0.25) is 4.79 Å². The van der Waals surface area contributed by atoms with Crippen LogP contribution in [0.2, 0.25) is 0 Å². The Morgan fingerprint density at radius 1 is 1.32 bits per heavy atom. The quantitative estimate of drug-likeness (QED) is 0.308. The van der Waals surface area contributed by atoms with Crippen molar-refractivity contribution in [2.45, 2.75) is 52.2 Å². The molecule has 1 radical (unpaired) electrons. The van der Waals surface area contributed by atoms with Crippen LogP contribution in [0.25, 0.3) is 0 Å². The third kappa shape index (κ3) is 11.2. The van der Waals surface area contributed by atoms with Crippen LogP contribution in [0.4, 0.5) is 4.79 Å². The van der Waals surface area contributed by atoms with Crippen LogP contribution in [-0.2, 0) is 11.2 Å². The van der Waals surface area contributed by atoms with Crippen molar-refractivity contribution >= 4 is 48.3 Å². The van der Waals surface area contributed by atoms with Gasteiger partial charge in [0.2, 0.25) is 0 Å². The van der Waals surface area contributed by atoms with E-state index >= 15 is 0 Å². The van der Waals surface area contributed by atoms with Crippen LogP contribution in [0, 0.1) is 0 Å². The molecule has 1 amide bonds. The number of nitrogens with one attached hydrogen (secondary N) is 1. The van der Waals surface area contributed by atoms with Crippen LogP contribution in [-0.4, -0.2) is 36.5 Å². The van der Waals surface area contributed by atoms with E-state index in [1.54, 1.807) is 0 Å². The zero-order valence-electron chi connectivity index (χ0n) is 15.1. The van der Waals surface area contributed by atoms with Crippen molar-refractivity contribution in [3.05, 3.63) is 35.4 Å². The molecule has 0 fully saturated rings. The van der Waals surface area contributed by atoms with E-state index < -0.39 is 11.7 Å². The molecule has 5 nitrogen and oxygen atoms in total. The minimum atomic E-state index is -0.500. The third-order valence-corrected chi connectivity index (χ3v) is 3.60. The number of rotatable bonds is 6. The van der Waals surface area contributed by atoms with E-state index in [0.29, 0.717) is 17.3 Å². The van der Waals surface area contributed by atoms with Gasteiger partial charge in [-0.2, -0.15) is 0 Å². The van der Waals surface area contributed by atoms with Gasteiger partial charge in [-0.05, 0) is 39.2 Å². The first-order valence-corrected chi connectivity index (χ1v) is 9.40. The fourth-order valence-corrected chi connectivity index (χ4v) is 2.28. The molecule has 1 N–H and O–H groups in total. The molecule has 0 aliphatic rings. The van der Waals surface area contributed by atoms with Gasteiger partial charge in [0, 0.05) is 11.6 Å². The van der Waals surface area contributed by atoms with Gasteiger partial charge in [-0.15, -0.1) is 0 Å². The molecule has 0 aromatic heterocycles. The number of thiol groups is 1. The Labute approximate surface area is 165 Å². The molecule has 1 aromatic carbocycles. The fourth-order valence-electron chi connectivity index (χ4n) is 1.96. The molecule has 137 valence electrons. The van der Waals surface area contributed by atoms with Gasteiger partial charge in [0.05, 0.1) is 5.33 Å². The molecule has 0 aliphatic heterocycles. The van der Waals surface area contributed by atoms with E-state index in [1.807, 2.05) is 52.0 Å². The standard InChI is InChI=1S/C17H24BrNO3.BHNS/c1-5-14(19-16(21)22-17(2,3)4)10-12-6-8-13(9-7-12)15(20)11-18;1-2-3/h6-9,14H,5,10-11H2,1-4H3,(H,19,21);3H/t14-;/m1./s1. The Bertz CT molecular complexity index is 562. The number of ether oxygens (including phenoxy) is 1. The molecule has 0 unspecified atom stereocenters. The summed E-state index contributed by atoms with van der Waals surface area (Å²) in [6, 6.07) is 7.50. The zero-order chi connectivity index (χ0) is 19.5. The van der Waals surface area contributed by atoms with Crippen molar-refractivity contribution in [2.24, 2.45) is 4.30 Å². The van der Waals surface area contributed by atoms with Crippen molar-refractivity contribution in [3.63, 3.8) is 0 Å². The Kier molecular flexibility index (Phi) is 11.7. The average molecular weight is 428 g/mol. The molecule has 8 heteroatoms. The number of nitrogens with zero attached hydrogens (tertiary/aromatic N) is 1. The van der Waals surface area contributed by atoms with E-state index in [4.69, 9.17) is 4.74 Å².